The first-order valence-electron chi connectivity index (χ1n) is 6.00. The number of ether oxygens (including phenoxy) is 1. The van der Waals surface area contributed by atoms with Gasteiger partial charge in [-0.05, 0) is 36.1 Å². The van der Waals surface area contributed by atoms with Crippen LogP contribution in [0.5, 0.6) is 5.75 Å². The molecule has 0 spiro atoms. The molecule has 1 aliphatic carbocycles. The Morgan fingerprint density at radius 2 is 2.06 bits per heavy atom. The van der Waals surface area contributed by atoms with Crippen LogP contribution in [0.3, 0.4) is 0 Å². The first-order chi connectivity index (χ1) is 8.28. The summed E-state index contributed by atoms with van der Waals surface area (Å²) in [5.74, 6) is 0.815. The van der Waals surface area contributed by atoms with Gasteiger partial charge in [0.1, 0.15) is 12.4 Å². The van der Waals surface area contributed by atoms with E-state index in [1.165, 1.54) is 12.8 Å². The van der Waals surface area contributed by atoms with Gasteiger partial charge in [-0.15, -0.1) is 0 Å². The lowest BCUT2D eigenvalue weighted by atomic mass is 10.2. The van der Waals surface area contributed by atoms with Crippen LogP contribution in [-0.4, -0.2) is 24.3 Å². The molecule has 2 rings (SSSR count). The lowest BCUT2D eigenvalue weighted by Gasteiger charge is -2.09. The highest BCUT2D eigenvalue weighted by molar-refractivity contribution is 5.27. The molecule has 1 aromatic carbocycles. The summed E-state index contributed by atoms with van der Waals surface area (Å²) >= 11 is 0. The Hall–Kier alpha value is -1.32. The largest absolute Gasteiger partial charge is 0.489 e. The van der Waals surface area contributed by atoms with Crippen molar-refractivity contribution in [3.63, 3.8) is 0 Å². The monoisotopic (exact) mass is 233 g/mol. The Bertz CT molecular complexity index is 368. The van der Waals surface area contributed by atoms with E-state index in [0.29, 0.717) is 12.6 Å². The molecule has 3 nitrogen and oxygen atoms in total. The topological polar surface area (TPSA) is 41.5 Å². The van der Waals surface area contributed by atoms with Crippen LogP contribution in [0, 0.1) is 0 Å². The summed E-state index contributed by atoms with van der Waals surface area (Å²) < 4.78 is 5.60. The molecule has 0 radical (unpaired) electrons. The molecule has 1 fully saturated rings. The second-order valence-corrected chi connectivity index (χ2v) is 4.50. The highest BCUT2D eigenvalue weighted by Gasteiger charge is 2.19. The summed E-state index contributed by atoms with van der Waals surface area (Å²) in [5, 5.41) is 12.3. The molecule has 92 valence electrons. The molecule has 2 N–H and O–H groups in total. The predicted molar refractivity (Wildman–Crippen MR) is 68.0 cm³/mol. The van der Waals surface area contributed by atoms with Crippen molar-refractivity contribution < 1.29 is 9.84 Å². The van der Waals surface area contributed by atoms with Crippen LogP contribution in [0.25, 0.3) is 0 Å². The number of rotatable bonds is 7. The highest BCUT2D eigenvalue weighted by atomic mass is 16.5. The van der Waals surface area contributed by atoms with Gasteiger partial charge in [-0.3, -0.25) is 0 Å². The van der Waals surface area contributed by atoms with Crippen molar-refractivity contribution >= 4 is 0 Å². The lowest BCUT2D eigenvalue weighted by molar-refractivity contribution is 0.281. The zero-order chi connectivity index (χ0) is 12.1. The van der Waals surface area contributed by atoms with E-state index in [1.807, 2.05) is 24.3 Å². The number of benzene rings is 1. The van der Waals surface area contributed by atoms with Crippen LogP contribution in [-0.2, 0) is 6.61 Å². The van der Waals surface area contributed by atoms with Crippen LogP contribution in [0.4, 0.5) is 0 Å². The van der Waals surface area contributed by atoms with E-state index in [4.69, 9.17) is 9.84 Å². The van der Waals surface area contributed by atoms with Gasteiger partial charge in [0.2, 0.25) is 0 Å². The van der Waals surface area contributed by atoms with Crippen molar-refractivity contribution in [2.24, 2.45) is 0 Å². The minimum Gasteiger partial charge on any atom is -0.489 e. The van der Waals surface area contributed by atoms with Crippen LogP contribution in [0.1, 0.15) is 18.4 Å². The van der Waals surface area contributed by atoms with Gasteiger partial charge in [-0.1, -0.05) is 18.7 Å². The van der Waals surface area contributed by atoms with E-state index in [2.05, 4.69) is 11.9 Å². The molecule has 0 saturated heterocycles. The highest BCUT2D eigenvalue weighted by Crippen LogP contribution is 2.18. The van der Waals surface area contributed by atoms with Gasteiger partial charge in [0.25, 0.3) is 0 Å². The van der Waals surface area contributed by atoms with E-state index >= 15 is 0 Å². The molecule has 1 aliphatic rings. The van der Waals surface area contributed by atoms with E-state index in [-0.39, 0.29) is 6.61 Å². The van der Waals surface area contributed by atoms with E-state index < -0.39 is 0 Å². The normalized spacial score (nSPS) is 14.6. The maximum absolute atomic E-state index is 8.91. The summed E-state index contributed by atoms with van der Waals surface area (Å²) in [6.45, 7) is 5.42. The molecule has 0 amide bonds. The molecular formula is C14H19NO2. The quantitative estimate of drug-likeness (QED) is 0.706. The van der Waals surface area contributed by atoms with Gasteiger partial charge >= 0.3 is 0 Å². The third-order valence-corrected chi connectivity index (χ3v) is 2.77. The Kier molecular flexibility index (Phi) is 4.18. The fraction of sp³-hybridized carbons (Fsp3) is 0.429. The molecule has 3 heteroatoms. The summed E-state index contributed by atoms with van der Waals surface area (Å²) in [7, 11) is 0. The second kappa shape index (κ2) is 5.84. The third-order valence-electron chi connectivity index (χ3n) is 2.77. The fourth-order valence-electron chi connectivity index (χ4n) is 1.50. The summed E-state index contributed by atoms with van der Waals surface area (Å²) in [5.41, 5.74) is 1.95. The van der Waals surface area contributed by atoms with E-state index in [1.54, 1.807) is 0 Å². The molecule has 1 saturated carbocycles. The Labute approximate surface area is 102 Å². The maximum Gasteiger partial charge on any atom is 0.119 e. The summed E-state index contributed by atoms with van der Waals surface area (Å²) in [4.78, 5) is 0. The molecule has 17 heavy (non-hydrogen) atoms. The molecule has 0 heterocycles. The fourth-order valence-corrected chi connectivity index (χ4v) is 1.50. The van der Waals surface area contributed by atoms with Crippen molar-refractivity contribution in [3.05, 3.63) is 42.0 Å². The molecule has 1 aromatic rings. The molecule has 0 aliphatic heterocycles. The number of nitrogens with one attached hydrogen (secondary N) is 1. The SMILES string of the molecule is C=C(CNC1CC1)COc1ccc(CO)cc1. The van der Waals surface area contributed by atoms with Gasteiger partial charge in [0, 0.05) is 12.6 Å². The maximum atomic E-state index is 8.91. The Morgan fingerprint density at radius 1 is 1.35 bits per heavy atom. The summed E-state index contributed by atoms with van der Waals surface area (Å²) in [6, 6.07) is 8.16. The number of hydrogen-bond acceptors (Lipinski definition) is 3. The van der Waals surface area contributed by atoms with Gasteiger partial charge in [-0.2, -0.15) is 0 Å². The van der Waals surface area contributed by atoms with Crippen LogP contribution in [0.15, 0.2) is 36.4 Å². The standard InChI is InChI=1S/C14H19NO2/c1-11(8-15-13-4-5-13)10-17-14-6-2-12(9-16)3-7-14/h2-3,6-7,13,15-16H,1,4-5,8-10H2. The second-order valence-electron chi connectivity index (χ2n) is 4.50. The van der Waals surface area contributed by atoms with Gasteiger partial charge in [0.15, 0.2) is 0 Å². The summed E-state index contributed by atoms with van der Waals surface area (Å²) in [6.07, 6.45) is 2.58. The zero-order valence-corrected chi connectivity index (χ0v) is 9.98. The minimum absolute atomic E-state index is 0.0678. The van der Waals surface area contributed by atoms with Gasteiger partial charge in [0.05, 0.1) is 6.61 Å². The third kappa shape index (κ3) is 4.21. The van der Waals surface area contributed by atoms with Crippen molar-refractivity contribution in [3.8, 4) is 5.75 Å². The number of aliphatic hydroxyl groups is 1. The van der Waals surface area contributed by atoms with Crippen molar-refractivity contribution in [1.29, 1.82) is 0 Å². The van der Waals surface area contributed by atoms with Crippen molar-refractivity contribution in [1.82, 2.24) is 5.32 Å². The first-order valence-corrected chi connectivity index (χ1v) is 6.00. The molecule has 0 bridgehead atoms. The Balaban J connectivity index is 1.70. The average molecular weight is 233 g/mol. The minimum atomic E-state index is 0.0678. The van der Waals surface area contributed by atoms with Crippen LogP contribution in [0.2, 0.25) is 0 Å². The molecular weight excluding hydrogens is 214 g/mol. The first kappa shape index (κ1) is 12.1. The Morgan fingerprint density at radius 3 is 2.65 bits per heavy atom. The molecule has 0 unspecified atom stereocenters. The van der Waals surface area contributed by atoms with Crippen LogP contribution >= 0.6 is 0 Å². The van der Waals surface area contributed by atoms with Gasteiger partial charge in [-0.25, -0.2) is 0 Å². The molecule has 0 aromatic heterocycles. The number of aliphatic hydroxyl groups excluding tert-OH is 1. The van der Waals surface area contributed by atoms with Crippen LogP contribution < -0.4 is 10.1 Å². The van der Waals surface area contributed by atoms with E-state index in [9.17, 15) is 0 Å². The van der Waals surface area contributed by atoms with Gasteiger partial charge < -0.3 is 15.2 Å². The van der Waals surface area contributed by atoms with E-state index in [0.717, 1.165) is 23.4 Å². The predicted octanol–water partition coefficient (Wildman–Crippen LogP) is 1.87. The average Bonchev–Trinajstić information content (AvgIpc) is 3.18. The molecule has 0 atom stereocenters. The zero-order valence-electron chi connectivity index (χ0n) is 9.98. The lowest BCUT2D eigenvalue weighted by Crippen LogP contribution is -2.21. The number of hydrogen-bond donors (Lipinski definition) is 2. The van der Waals surface area contributed by atoms with Crippen molar-refractivity contribution in [2.45, 2.75) is 25.5 Å². The smallest absolute Gasteiger partial charge is 0.119 e. The van der Waals surface area contributed by atoms with Crippen molar-refractivity contribution in [2.75, 3.05) is 13.2 Å².